The van der Waals surface area contributed by atoms with Crippen molar-refractivity contribution < 1.29 is 0 Å². The van der Waals surface area contributed by atoms with Crippen molar-refractivity contribution >= 4 is 44.6 Å². The molecule has 210 valence electrons. The van der Waals surface area contributed by atoms with Gasteiger partial charge in [-0.05, 0) is 79.7 Å². The van der Waals surface area contributed by atoms with Crippen LogP contribution in [0.3, 0.4) is 0 Å². The molecule has 0 saturated carbocycles. The van der Waals surface area contributed by atoms with Gasteiger partial charge in [-0.1, -0.05) is 55.4 Å². The maximum Gasteiger partial charge on any atom is 0.160 e. The zero-order valence-electron chi connectivity index (χ0n) is 25.5. The summed E-state index contributed by atoms with van der Waals surface area (Å²) in [6.07, 6.45) is 7.06. The Balaban J connectivity index is 2.03. The number of H-pyrrole nitrogens is 2. The van der Waals surface area contributed by atoms with Crippen LogP contribution in [0.15, 0.2) is 6.07 Å². The fraction of sp³-hybridized carbons (Fsp3) is 0.485. The smallest absolute Gasteiger partial charge is 0.160 e. The molecule has 0 saturated heterocycles. The highest BCUT2D eigenvalue weighted by Crippen LogP contribution is 2.36. The van der Waals surface area contributed by atoms with Gasteiger partial charge in [0.1, 0.15) is 11.3 Å². The molecule has 0 unspecified atom stereocenters. The van der Waals surface area contributed by atoms with Gasteiger partial charge in [0.2, 0.25) is 0 Å². The molecule has 0 fully saturated rings. The molecule has 40 heavy (non-hydrogen) atoms. The zero-order chi connectivity index (χ0) is 28.6. The van der Waals surface area contributed by atoms with Crippen molar-refractivity contribution in [1.82, 2.24) is 34.9 Å². The molecule has 0 atom stereocenters. The number of nitrogens with one attached hydrogen (secondary N) is 2. The van der Waals surface area contributed by atoms with Crippen molar-refractivity contribution in [2.45, 2.75) is 107 Å². The Morgan fingerprint density at radius 3 is 0.975 bits per heavy atom. The first kappa shape index (κ1) is 27.9. The SMILES string of the molecule is CCC1=C(CC)c2nc1nc1nc(nc3[nH]c(cc4[nH]c(n2)c(CC)c4CC)c(CC)c3CC)C(CC)=C1CC. The summed E-state index contributed by atoms with van der Waals surface area (Å²) >= 11 is 0. The second kappa shape index (κ2) is 11.5. The van der Waals surface area contributed by atoms with E-state index in [2.05, 4.69) is 71.4 Å². The average Bonchev–Trinajstić information content (AvgIpc) is 3.67. The van der Waals surface area contributed by atoms with Crippen LogP contribution >= 0.6 is 0 Å². The van der Waals surface area contributed by atoms with Gasteiger partial charge in [0.25, 0.3) is 0 Å². The predicted molar refractivity (Wildman–Crippen MR) is 167 cm³/mol. The van der Waals surface area contributed by atoms with Crippen molar-refractivity contribution in [3.63, 3.8) is 0 Å². The standard InChI is InChI=1S/C33H43N7/c1-9-18-20(11-3)28-34-26(18)17-27-19(10-2)21(12-4)29(35-27)37-31-23(14-6)25(16-8)33(39-31)40-32-24(15-7)22(13-5)30(36-28)38-32/h17H,9-16H2,1-8H3,(H2,34,35,36,37,38,39,40). The highest BCUT2D eigenvalue weighted by atomic mass is 15.0. The summed E-state index contributed by atoms with van der Waals surface area (Å²) < 4.78 is 0. The summed E-state index contributed by atoms with van der Waals surface area (Å²) in [4.78, 5) is 32.9. The molecule has 0 spiro atoms. The highest BCUT2D eigenvalue weighted by molar-refractivity contribution is 5.92. The Morgan fingerprint density at radius 2 is 0.700 bits per heavy atom. The number of aromatic nitrogens is 7. The largest absolute Gasteiger partial charge is 0.340 e. The summed E-state index contributed by atoms with van der Waals surface area (Å²) in [5.74, 6) is 3.02. The first-order chi connectivity index (χ1) is 19.5. The van der Waals surface area contributed by atoms with Crippen LogP contribution in [-0.4, -0.2) is 34.9 Å². The second-order valence-corrected chi connectivity index (χ2v) is 10.4. The molecular formula is C33H43N7. The molecule has 0 aromatic carbocycles. The first-order valence-electron chi connectivity index (χ1n) is 15.3. The average molecular weight is 538 g/mol. The lowest BCUT2D eigenvalue weighted by Gasteiger charge is -2.03. The number of hydrogen-bond donors (Lipinski definition) is 2. The van der Waals surface area contributed by atoms with Crippen molar-refractivity contribution in [3.05, 3.63) is 51.6 Å². The third-order valence-corrected chi connectivity index (χ3v) is 8.45. The number of rotatable bonds is 8. The van der Waals surface area contributed by atoms with Crippen LogP contribution in [-0.2, 0) is 25.7 Å². The lowest BCUT2D eigenvalue weighted by molar-refractivity contribution is 1.02. The monoisotopic (exact) mass is 537 g/mol. The number of aromatic amines is 2. The van der Waals surface area contributed by atoms with Crippen LogP contribution in [0.5, 0.6) is 0 Å². The van der Waals surface area contributed by atoms with E-state index in [1.54, 1.807) is 0 Å². The van der Waals surface area contributed by atoms with Crippen molar-refractivity contribution in [1.29, 1.82) is 0 Å². The van der Waals surface area contributed by atoms with Crippen molar-refractivity contribution in [3.8, 4) is 0 Å². The van der Waals surface area contributed by atoms with E-state index in [0.29, 0.717) is 0 Å². The van der Waals surface area contributed by atoms with E-state index in [-0.39, 0.29) is 0 Å². The molecule has 5 heterocycles. The Labute approximate surface area is 237 Å². The topological polar surface area (TPSA) is 96.0 Å². The summed E-state index contributed by atoms with van der Waals surface area (Å²) in [5.41, 5.74) is 13.8. The first-order valence-corrected chi connectivity index (χ1v) is 15.3. The van der Waals surface area contributed by atoms with Crippen molar-refractivity contribution in [2.75, 3.05) is 0 Å². The maximum absolute atomic E-state index is 5.19. The molecule has 7 nitrogen and oxygen atoms in total. The van der Waals surface area contributed by atoms with Crippen LogP contribution in [0.25, 0.3) is 44.6 Å². The van der Waals surface area contributed by atoms with Gasteiger partial charge < -0.3 is 9.97 Å². The number of hydrogen-bond acceptors (Lipinski definition) is 5. The maximum atomic E-state index is 5.19. The van der Waals surface area contributed by atoms with Crippen LogP contribution in [0.1, 0.15) is 127 Å². The van der Waals surface area contributed by atoms with E-state index < -0.39 is 0 Å². The normalized spacial score (nSPS) is 13.6. The van der Waals surface area contributed by atoms with Gasteiger partial charge in [0.05, 0.1) is 0 Å². The Kier molecular flexibility index (Phi) is 8.02. The van der Waals surface area contributed by atoms with Crippen LogP contribution in [0.2, 0.25) is 0 Å². The number of nitrogens with zero attached hydrogens (tertiary/aromatic N) is 5. The summed E-state index contributed by atoms with van der Waals surface area (Å²) in [6.45, 7) is 17.6. The minimum absolute atomic E-state index is 0.739. The highest BCUT2D eigenvalue weighted by Gasteiger charge is 2.25. The summed E-state index contributed by atoms with van der Waals surface area (Å²) in [7, 11) is 0. The molecular weight excluding hydrogens is 494 g/mol. The van der Waals surface area contributed by atoms with Crippen molar-refractivity contribution in [2.24, 2.45) is 0 Å². The molecule has 2 N–H and O–H groups in total. The molecule has 3 aromatic rings. The Hall–Kier alpha value is -3.61. The van der Waals surface area contributed by atoms with Gasteiger partial charge in [0.15, 0.2) is 23.3 Å². The zero-order valence-corrected chi connectivity index (χ0v) is 25.5. The van der Waals surface area contributed by atoms with Gasteiger partial charge in [0, 0.05) is 33.3 Å². The molecule has 7 heteroatoms. The molecule has 0 radical (unpaired) electrons. The Bertz CT molecular complexity index is 1560. The minimum Gasteiger partial charge on any atom is -0.340 e. The van der Waals surface area contributed by atoms with E-state index >= 15 is 0 Å². The number of aryl methyl sites for hydroxylation is 4. The lowest BCUT2D eigenvalue weighted by atomic mass is 10.0. The fourth-order valence-electron chi connectivity index (χ4n) is 6.50. The summed E-state index contributed by atoms with van der Waals surface area (Å²) in [6, 6.07) is 2.26. The molecule has 2 aliphatic heterocycles. The van der Waals surface area contributed by atoms with E-state index in [1.807, 2.05) is 0 Å². The van der Waals surface area contributed by atoms with Gasteiger partial charge in [-0.2, -0.15) is 0 Å². The van der Waals surface area contributed by atoms with E-state index in [9.17, 15) is 0 Å². The molecule has 5 rings (SSSR count). The van der Waals surface area contributed by atoms with E-state index in [1.165, 1.54) is 33.4 Å². The van der Waals surface area contributed by atoms with E-state index in [4.69, 9.17) is 24.9 Å². The van der Waals surface area contributed by atoms with Gasteiger partial charge in [-0.15, -0.1) is 0 Å². The molecule has 8 bridgehead atoms. The van der Waals surface area contributed by atoms with Crippen LogP contribution in [0.4, 0.5) is 0 Å². The number of allylic oxidation sites excluding steroid dienone is 4. The minimum atomic E-state index is 0.739. The van der Waals surface area contributed by atoms with E-state index in [0.717, 1.165) is 108 Å². The fourth-order valence-corrected chi connectivity index (χ4v) is 6.50. The van der Waals surface area contributed by atoms with Gasteiger partial charge in [-0.25, -0.2) is 24.9 Å². The van der Waals surface area contributed by atoms with Gasteiger partial charge >= 0.3 is 0 Å². The predicted octanol–water partition coefficient (Wildman–Crippen LogP) is 8.21. The summed E-state index contributed by atoms with van der Waals surface area (Å²) in [5, 5.41) is 0. The van der Waals surface area contributed by atoms with Gasteiger partial charge in [-0.3, -0.25) is 0 Å². The third kappa shape index (κ3) is 4.49. The number of fused-ring (bicyclic) bond motifs is 8. The second-order valence-electron chi connectivity index (χ2n) is 10.4. The van der Waals surface area contributed by atoms with Crippen LogP contribution in [0, 0.1) is 0 Å². The van der Waals surface area contributed by atoms with Crippen LogP contribution < -0.4 is 0 Å². The third-order valence-electron chi connectivity index (χ3n) is 8.45. The quantitative estimate of drug-likeness (QED) is 0.302. The Morgan fingerprint density at radius 1 is 0.400 bits per heavy atom. The molecule has 3 aromatic heterocycles. The lowest BCUT2D eigenvalue weighted by Crippen LogP contribution is -1.93. The molecule has 2 aliphatic rings. The molecule has 0 amide bonds. The molecule has 0 aliphatic carbocycles.